The van der Waals surface area contributed by atoms with Crippen molar-refractivity contribution < 1.29 is 28.5 Å². The van der Waals surface area contributed by atoms with Crippen LogP contribution in [0.15, 0.2) is 18.7 Å². The first-order valence-electron chi connectivity index (χ1n) is 7.74. The number of hydrogen-bond donors (Lipinski definition) is 0. The van der Waals surface area contributed by atoms with Crippen molar-refractivity contribution in [3.63, 3.8) is 0 Å². The summed E-state index contributed by atoms with van der Waals surface area (Å²) in [7, 11) is 0. The van der Waals surface area contributed by atoms with Crippen LogP contribution in [0, 0.1) is 17.8 Å². The molecule has 4 aliphatic rings. The molecule has 0 spiro atoms. The Morgan fingerprint density at radius 2 is 1.58 bits per heavy atom. The van der Waals surface area contributed by atoms with Gasteiger partial charge in [-0.25, -0.2) is 9.13 Å². The first-order chi connectivity index (χ1) is 8.64. The van der Waals surface area contributed by atoms with Gasteiger partial charge in [0.25, 0.3) is 0 Å². The molecule has 0 aliphatic heterocycles. The van der Waals surface area contributed by atoms with Gasteiger partial charge in [-0.3, -0.25) is 0 Å². The average molecular weight is 372 g/mol. The largest absolute Gasteiger partial charge is 1.00 e. The Labute approximate surface area is 133 Å². The molecule has 0 N–H and O–H groups in total. The molecule has 106 valence electrons. The highest BCUT2D eigenvalue weighted by atomic mass is 127. The fraction of sp³-hybridized carbons (Fsp3) is 0.812. The minimum atomic E-state index is 0. The van der Waals surface area contributed by atoms with E-state index in [1.807, 2.05) is 0 Å². The van der Waals surface area contributed by atoms with E-state index in [0.29, 0.717) is 11.6 Å². The molecular weight excluding hydrogens is 347 g/mol. The summed E-state index contributed by atoms with van der Waals surface area (Å²) >= 11 is 0. The molecule has 1 heterocycles. The molecule has 4 fully saturated rings. The van der Waals surface area contributed by atoms with E-state index in [-0.39, 0.29) is 24.0 Å². The van der Waals surface area contributed by atoms with Crippen LogP contribution in [0.3, 0.4) is 0 Å². The standard InChI is InChI=1S/C16H25N2.HI/c1-12(2)17-3-4-18(11-17)16-8-13-5-14(9-16)7-15(6-13)10-16;/h3-4,11-15H,5-10H2,1-2H3;1H/q+1;/p-1. The van der Waals surface area contributed by atoms with E-state index in [9.17, 15) is 0 Å². The highest BCUT2D eigenvalue weighted by molar-refractivity contribution is 5.05. The molecule has 0 saturated heterocycles. The number of aromatic nitrogens is 2. The molecule has 0 aromatic carbocycles. The van der Waals surface area contributed by atoms with Crippen LogP contribution in [0.5, 0.6) is 0 Å². The third kappa shape index (κ3) is 2.16. The van der Waals surface area contributed by atoms with E-state index in [2.05, 4.69) is 41.7 Å². The van der Waals surface area contributed by atoms with Crippen LogP contribution in [0.1, 0.15) is 58.4 Å². The molecule has 1 aromatic heterocycles. The average Bonchev–Trinajstić information content (AvgIpc) is 2.76. The number of hydrogen-bond acceptors (Lipinski definition) is 0. The van der Waals surface area contributed by atoms with E-state index < -0.39 is 0 Å². The fourth-order valence-electron chi connectivity index (χ4n) is 5.34. The van der Waals surface area contributed by atoms with E-state index in [1.54, 1.807) is 0 Å². The normalized spacial score (nSPS) is 39.6. The summed E-state index contributed by atoms with van der Waals surface area (Å²) in [4.78, 5) is 0. The van der Waals surface area contributed by atoms with E-state index in [4.69, 9.17) is 0 Å². The Hall–Kier alpha value is -0.0600. The first-order valence-corrected chi connectivity index (χ1v) is 7.74. The number of halogens is 1. The molecule has 4 aliphatic carbocycles. The molecule has 0 radical (unpaired) electrons. The molecule has 0 unspecified atom stereocenters. The molecule has 4 saturated carbocycles. The zero-order chi connectivity index (χ0) is 12.3. The Balaban J connectivity index is 0.00000110. The van der Waals surface area contributed by atoms with Crippen LogP contribution in [0.2, 0.25) is 0 Å². The van der Waals surface area contributed by atoms with Crippen LogP contribution in [0.25, 0.3) is 0 Å². The van der Waals surface area contributed by atoms with Gasteiger partial charge in [-0.1, -0.05) is 0 Å². The fourth-order valence-corrected chi connectivity index (χ4v) is 5.34. The predicted molar refractivity (Wildman–Crippen MR) is 71.2 cm³/mol. The van der Waals surface area contributed by atoms with Gasteiger partial charge in [-0.05, 0) is 70.1 Å². The lowest BCUT2D eigenvalue weighted by Crippen LogP contribution is -3.00. The van der Waals surface area contributed by atoms with Gasteiger partial charge >= 0.3 is 0 Å². The predicted octanol–water partition coefficient (Wildman–Crippen LogP) is 0.286. The van der Waals surface area contributed by atoms with Crippen LogP contribution in [0.4, 0.5) is 0 Å². The van der Waals surface area contributed by atoms with Crippen molar-refractivity contribution in [3.05, 3.63) is 18.7 Å². The maximum atomic E-state index is 2.58. The second kappa shape index (κ2) is 4.74. The van der Waals surface area contributed by atoms with Gasteiger partial charge in [0.1, 0.15) is 17.9 Å². The SMILES string of the molecule is CC(C)[n+]1ccn(C23CC4CC(CC(C4)C2)C3)c1.[I-]. The van der Waals surface area contributed by atoms with E-state index in [1.165, 1.54) is 38.5 Å². The molecule has 2 nitrogen and oxygen atoms in total. The van der Waals surface area contributed by atoms with Crippen LogP contribution >= 0.6 is 0 Å². The zero-order valence-corrected chi connectivity index (χ0v) is 14.2. The molecule has 0 amide bonds. The van der Waals surface area contributed by atoms with Gasteiger partial charge in [-0.15, -0.1) is 0 Å². The second-order valence-electron chi connectivity index (χ2n) is 7.50. The molecular formula is C16H25IN2. The maximum absolute atomic E-state index is 2.58. The van der Waals surface area contributed by atoms with Crippen molar-refractivity contribution >= 4 is 0 Å². The van der Waals surface area contributed by atoms with Gasteiger partial charge in [0.05, 0.1) is 6.04 Å². The molecule has 3 heteroatoms. The zero-order valence-electron chi connectivity index (χ0n) is 12.1. The lowest BCUT2D eigenvalue weighted by molar-refractivity contribution is -0.716. The van der Waals surface area contributed by atoms with Crippen LogP contribution < -0.4 is 28.5 Å². The van der Waals surface area contributed by atoms with Crippen molar-refractivity contribution in [2.24, 2.45) is 17.8 Å². The minimum absolute atomic E-state index is 0. The summed E-state index contributed by atoms with van der Waals surface area (Å²) in [6.45, 7) is 4.54. The number of imidazole rings is 1. The minimum Gasteiger partial charge on any atom is -1.00 e. The van der Waals surface area contributed by atoms with E-state index >= 15 is 0 Å². The van der Waals surface area contributed by atoms with Crippen molar-refractivity contribution in [2.75, 3.05) is 0 Å². The Morgan fingerprint density at radius 3 is 2.00 bits per heavy atom. The topological polar surface area (TPSA) is 8.81 Å². The summed E-state index contributed by atoms with van der Waals surface area (Å²) in [5.74, 6) is 3.10. The lowest BCUT2D eigenvalue weighted by Gasteiger charge is -2.54. The quantitative estimate of drug-likeness (QED) is 0.521. The van der Waals surface area contributed by atoms with Crippen LogP contribution in [-0.4, -0.2) is 4.57 Å². The summed E-state index contributed by atoms with van der Waals surface area (Å²) in [6, 6.07) is 0.583. The monoisotopic (exact) mass is 372 g/mol. The third-order valence-electron chi connectivity index (χ3n) is 5.81. The molecule has 19 heavy (non-hydrogen) atoms. The summed E-state index contributed by atoms with van der Waals surface area (Å²) < 4.78 is 4.94. The van der Waals surface area contributed by atoms with Crippen molar-refractivity contribution in [2.45, 2.75) is 64.0 Å². The van der Waals surface area contributed by atoms with E-state index in [0.717, 1.165) is 17.8 Å². The molecule has 5 rings (SSSR count). The Bertz CT molecular complexity index is 428. The third-order valence-corrected chi connectivity index (χ3v) is 5.81. The summed E-state index contributed by atoms with van der Waals surface area (Å²) in [6.07, 6.45) is 15.9. The maximum Gasteiger partial charge on any atom is 0.244 e. The number of nitrogens with zero attached hydrogens (tertiary/aromatic N) is 2. The molecule has 4 bridgehead atoms. The van der Waals surface area contributed by atoms with Gasteiger partial charge in [0, 0.05) is 0 Å². The molecule has 1 aromatic rings. The summed E-state index contributed by atoms with van der Waals surface area (Å²) in [5.41, 5.74) is 0.495. The highest BCUT2D eigenvalue weighted by Gasteiger charge is 2.54. The highest BCUT2D eigenvalue weighted by Crippen LogP contribution is 2.58. The molecule has 0 atom stereocenters. The Kier molecular flexibility index (Phi) is 3.47. The van der Waals surface area contributed by atoms with Crippen molar-refractivity contribution in [3.8, 4) is 0 Å². The van der Waals surface area contributed by atoms with Gasteiger partial charge in [0.15, 0.2) is 0 Å². The smallest absolute Gasteiger partial charge is 0.244 e. The Morgan fingerprint density at radius 1 is 1.05 bits per heavy atom. The number of rotatable bonds is 2. The van der Waals surface area contributed by atoms with Crippen molar-refractivity contribution in [1.29, 1.82) is 0 Å². The van der Waals surface area contributed by atoms with Gasteiger partial charge in [0.2, 0.25) is 6.33 Å². The summed E-state index contributed by atoms with van der Waals surface area (Å²) in [5, 5.41) is 0. The van der Waals surface area contributed by atoms with Gasteiger partial charge < -0.3 is 24.0 Å². The second-order valence-corrected chi connectivity index (χ2v) is 7.50. The lowest BCUT2D eigenvalue weighted by atomic mass is 9.53. The first kappa shape index (κ1) is 13.9. The van der Waals surface area contributed by atoms with Gasteiger partial charge in [-0.2, -0.15) is 0 Å². The van der Waals surface area contributed by atoms with Crippen molar-refractivity contribution in [1.82, 2.24) is 4.57 Å². The van der Waals surface area contributed by atoms with Crippen LogP contribution in [-0.2, 0) is 5.54 Å².